The summed E-state index contributed by atoms with van der Waals surface area (Å²) >= 11 is 3.29. The Balaban J connectivity index is 2.33. The molecule has 1 saturated heterocycles. The van der Waals surface area contributed by atoms with Gasteiger partial charge in [-0.05, 0) is 31.0 Å². The van der Waals surface area contributed by atoms with E-state index in [9.17, 15) is 9.00 Å². The van der Waals surface area contributed by atoms with Crippen LogP contribution in [0, 0.1) is 0 Å². The summed E-state index contributed by atoms with van der Waals surface area (Å²) in [6.45, 7) is 1.18. The van der Waals surface area contributed by atoms with Crippen LogP contribution in [0.25, 0.3) is 0 Å². The van der Waals surface area contributed by atoms with Crippen molar-refractivity contribution < 1.29 is 18.8 Å². The molecule has 1 aliphatic heterocycles. The first-order chi connectivity index (χ1) is 8.59. The lowest BCUT2D eigenvalue weighted by Crippen LogP contribution is -2.25. The SMILES string of the molecule is O=C(O)c1ccc(Br)cc1S(=O)C1CCOCC1. The van der Waals surface area contributed by atoms with Crippen molar-refractivity contribution in [2.45, 2.75) is 23.0 Å². The molecule has 2 rings (SSSR count). The zero-order valence-corrected chi connectivity index (χ0v) is 12.0. The molecule has 0 spiro atoms. The van der Waals surface area contributed by atoms with Crippen molar-refractivity contribution in [2.24, 2.45) is 0 Å². The minimum atomic E-state index is -1.30. The van der Waals surface area contributed by atoms with Crippen molar-refractivity contribution >= 4 is 32.7 Å². The van der Waals surface area contributed by atoms with E-state index < -0.39 is 16.8 Å². The maximum absolute atomic E-state index is 12.4. The highest BCUT2D eigenvalue weighted by Gasteiger charge is 2.25. The minimum absolute atomic E-state index is 0.0221. The Morgan fingerprint density at radius 3 is 2.67 bits per heavy atom. The highest BCUT2D eigenvalue weighted by Crippen LogP contribution is 2.25. The van der Waals surface area contributed by atoms with Crippen LogP contribution in [0.5, 0.6) is 0 Å². The fourth-order valence-corrected chi connectivity index (χ4v) is 4.02. The van der Waals surface area contributed by atoms with Crippen molar-refractivity contribution in [3.8, 4) is 0 Å². The third kappa shape index (κ3) is 2.99. The zero-order valence-electron chi connectivity index (χ0n) is 9.60. The molecule has 0 amide bonds. The van der Waals surface area contributed by atoms with Gasteiger partial charge in [0.2, 0.25) is 0 Å². The van der Waals surface area contributed by atoms with Crippen molar-refractivity contribution in [1.82, 2.24) is 0 Å². The average Bonchev–Trinajstić information content (AvgIpc) is 2.38. The summed E-state index contributed by atoms with van der Waals surface area (Å²) in [5.41, 5.74) is 0.114. The molecule has 1 aliphatic rings. The molecule has 1 unspecified atom stereocenters. The lowest BCUT2D eigenvalue weighted by molar-refractivity contribution is 0.0693. The number of hydrogen-bond acceptors (Lipinski definition) is 3. The normalized spacial score (nSPS) is 18.5. The molecular formula is C12H13BrO4S. The first kappa shape index (κ1) is 13.7. The van der Waals surface area contributed by atoms with E-state index in [1.54, 1.807) is 12.1 Å². The zero-order chi connectivity index (χ0) is 13.1. The molecule has 1 atom stereocenters. The molecule has 1 N–H and O–H groups in total. The van der Waals surface area contributed by atoms with Gasteiger partial charge in [0.05, 0.1) is 21.3 Å². The van der Waals surface area contributed by atoms with Gasteiger partial charge in [0.25, 0.3) is 0 Å². The van der Waals surface area contributed by atoms with Crippen LogP contribution >= 0.6 is 15.9 Å². The Morgan fingerprint density at radius 1 is 1.39 bits per heavy atom. The number of carboxylic acid groups (broad SMARTS) is 1. The fourth-order valence-electron chi connectivity index (χ4n) is 1.91. The Labute approximate surface area is 116 Å². The molecule has 0 aliphatic carbocycles. The van der Waals surface area contributed by atoms with Crippen LogP contribution in [0.1, 0.15) is 23.2 Å². The summed E-state index contributed by atoms with van der Waals surface area (Å²) in [5, 5.41) is 9.11. The minimum Gasteiger partial charge on any atom is -0.478 e. The number of aromatic carboxylic acids is 1. The van der Waals surface area contributed by atoms with Crippen molar-refractivity contribution in [1.29, 1.82) is 0 Å². The summed E-state index contributed by atoms with van der Waals surface area (Å²) in [7, 11) is -1.30. The first-order valence-corrected chi connectivity index (χ1v) is 7.61. The summed E-state index contributed by atoms with van der Waals surface area (Å²) in [6.07, 6.45) is 1.41. The average molecular weight is 333 g/mol. The number of benzene rings is 1. The van der Waals surface area contributed by atoms with Gasteiger partial charge in [0.15, 0.2) is 0 Å². The second-order valence-corrected chi connectivity index (χ2v) is 6.67. The number of carbonyl (C=O) groups is 1. The van der Waals surface area contributed by atoms with E-state index in [0.29, 0.717) is 31.0 Å². The van der Waals surface area contributed by atoms with Crippen LogP contribution in [-0.4, -0.2) is 33.7 Å². The molecule has 4 nitrogen and oxygen atoms in total. The molecule has 1 aromatic rings. The van der Waals surface area contributed by atoms with Crippen LogP contribution in [0.4, 0.5) is 0 Å². The smallest absolute Gasteiger partial charge is 0.336 e. The molecule has 18 heavy (non-hydrogen) atoms. The van der Waals surface area contributed by atoms with Crippen LogP contribution in [0.3, 0.4) is 0 Å². The van der Waals surface area contributed by atoms with Crippen molar-refractivity contribution in [2.75, 3.05) is 13.2 Å². The van der Waals surface area contributed by atoms with Gasteiger partial charge < -0.3 is 9.84 Å². The van der Waals surface area contributed by atoms with E-state index in [1.165, 1.54) is 6.07 Å². The Kier molecular flexibility index (Phi) is 4.53. The standard InChI is InChI=1S/C12H13BrO4S/c13-8-1-2-10(12(14)15)11(7-8)18(16)9-3-5-17-6-4-9/h1-2,7,9H,3-6H2,(H,14,15). The van der Waals surface area contributed by atoms with Crippen LogP contribution in [0.15, 0.2) is 27.6 Å². The Morgan fingerprint density at radius 2 is 2.06 bits per heavy atom. The molecule has 1 aromatic carbocycles. The van der Waals surface area contributed by atoms with Crippen LogP contribution in [0.2, 0.25) is 0 Å². The summed E-state index contributed by atoms with van der Waals surface area (Å²) in [6, 6.07) is 4.77. The van der Waals surface area contributed by atoms with E-state index in [0.717, 1.165) is 4.47 Å². The molecule has 1 heterocycles. The van der Waals surface area contributed by atoms with Crippen LogP contribution < -0.4 is 0 Å². The quantitative estimate of drug-likeness (QED) is 0.923. The second-order valence-electron chi connectivity index (χ2n) is 4.05. The number of hydrogen-bond donors (Lipinski definition) is 1. The predicted octanol–water partition coefficient (Wildman–Crippen LogP) is 2.43. The second kappa shape index (κ2) is 5.95. The number of rotatable bonds is 3. The number of halogens is 1. The van der Waals surface area contributed by atoms with E-state index >= 15 is 0 Å². The van der Waals surface area contributed by atoms with Gasteiger partial charge >= 0.3 is 5.97 Å². The number of carboxylic acids is 1. The molecule has 6 heteroatoms. The first-order valence-electron chi connectivity index (χ1n) is 5.61. The molecule has 0 radical (unpaired) electrons. The third-order valence-corrected chi connectivity index (χ3v) is 5.20. The molecule has 0 saturated carbocycles. The fraction of sp³-hybridized carbons (Fsp3) is 0.417. The maximum Gasteiger partial charge on any atom is 0.336 e. The summed E-state index contributed by atoms with van der Waals surface area (Å²) in [4.78, 5) is 11.5. The van der Waals surface area contributed by atoms with Gasteiger partial charge in [-0.25, -0.2) is 4.79 Å². The van der Waals surface area contributed by atoms with Crippen LogP contribution in [-0.2, 0) is 15.5 Å². The lowest BCUT2D eigenvalue weighted by atomic mass is 10.2. The summed E-state index contributed by atoms with van der Waals surface area (Å²) in [5.74, 6) is -1.04. The monoisotopic (exact) mass is 332 g/mol. The van der Waals surface area contributed by atoms with E-state index in [4.69, 9.17) is 9.84 Å². The molecule has 0 aromatic heterocycles. The van der Waals surface area contributed by atoms with Crippen molar-refractivity contribution in [3.63, 3.8) is 0 Å². The molecule has 98 valence electrons. The molecule has 1 fully saturated rings. The number of ether oxygens (including phenoxy) is 1. The van der Waals surface area contributed by atoms with Gasteiger partial charge in [-0.1, -0.05) is 15.9 Å². The third-order valence-electron chi connectivity index (χ3n) is 2.86. The van der Waals surface area contributed by atoms with Gasteiger partial charge in [-0.3, -0.25) is 4.21 Å². The Hall–Kier alpha value is -0.720. The van der Waals surface area contributed by atoms with E-state index in [1.807, 2.05) is 0 Å². The van der Waals surface area contributed by atoms with E-state index in [-0.39, 0.29) is 10.8 Å². The lowest BCUT2D eigenvalue weighted by Gasteiger charge is -2.22. The molecular weight excluding hydrogens is 320 g/mol. The highest BCUT2D eigenvalue weighted by atomic mass is 79.9. The molecule has 0 bridgehead atoms. The van der Waals surface area contributed by atoms with E-state index in [2.05, 4.69) is 15.9 Å². The van der Waals surface area contributed by atoms with Gasteiger partial charge in [-0.15, -0.1) is 0 Å². The van der Waals surface area contributed by atoms with Gasteiger partial charge in [0.1, 0.15) is 0 Å². The maximum atomic E-state index is 12.4. The van der Waals surface area contributed by atoms with Crippen molar-refractivity contribution in [3.05, 3.63) is 28.2 Å². The predicted molar refractivity (Wildman–Crippen MR) is 71.4 cm³/mol. The Bertz CT molecular complexity index is 483. The van der Waals surface area contributed by atoms with Gasteiger partial charge in [-0.2, -0.15) is 0 Å². The largest absolute Gasteiger partial charge is 0.478 e. The highest BCUT2D eigenvalue weighted by molar-refractivity contribution is 9.10. The topological polar surface area (TPSA) is 63.6 Å². The van der Waals surface area contributed by atoms with Gasteiger partial charge in [0, 0.05) is 22.9 Å². The summed E-state index contributed by atoms with van der Waals surface area (Å²) < 4.78 is 18.4.